The lowest BCUT2D eigenvalue weighted by molar-refractivity contribution is 0.0607. The Labute approximate surface area is 185 Å². The van der Waals surface area contributed by atoms with E-state index in [4.69, 9.17) is 23.7 Å². The highest BCUT2D eigenvalue weighted by Gasteiger charge is 2.20. The number of ether oxygens (including phenoxy) is 5. The molecule has 0 radical (unpaired) electrons. The van der Waals surface area contributed by atoms with Gasteiger partial charge in [-0.1, -0.05) is 0 Å². The number of hydrogen-bond donors (Lipinski definition) is 1. The molecule has 0 amide bonds. The fourth-order valence-corrected chi connectivity index (χ4v) is 4.10. The molecule has 8 heteroatoms. The lowest BCUT2D eigenvalue weighted by Crippen LogP contribution is -2.03. The molecule has 0 fully saturated rings. The summed E-state index contributed by atoms with van der Waals surface area (Å²) >= 11 is 1.35. The molecule has 0 saturated heterocycles. The van der Waals surface area contributed by atoms with Crippen LogP contribution in [0.2, 0.25) is 0 Å². The van der Waals surface area contributed by atoms with Gasteiger partial charge in [0.05, 0.1) is 40.7 Å². The maximum atomic E-state index is 12.4. The summed E-state index contributed by atoms with van der Waals surface area (Å²) in [5.74, 6) is 1.88. The van der Waals surface area contributed by atoms with E-state index < -0.39 is 5.97 Å². The lowest BCUT2D eigenvalue weighted by Gasteiger charge is -2.15. The standard InChI is InChI=1S/C23H25NO6S/c1-6-30-16-9-7-14(8-10-16)20-13-17(22(31-20)23(25)29-5)24-15-11-18(26-2)21(28-4)19(12-15)27-3/h7-13,24H,6H2,1-5H3. The highest BCUT2D eigenvalue weighted by atomic mass is 32.1. The van der Waals surface area contributed by atoms with E-state index >= 15 is 0 Å². The maximum absolute atomic E-state index is 12.4. The minimum absolute atomic E-state index is 0.419. The Morgan fingerprint density at radius 1 is 0.935 bits per heavy atom. The summed E-state index contributed by atoms with van der Waals surface area (Å²) in [5.41, 5.74) is 2.27. The lowest BCUT2D eigenvalue weighted by atomic mass is 10.1. The second kappa shape index (κ2) is 10.1. The summed E-state index contributed by atoms with van der Waals surface area (Å²) in [5, 5.41) is 3.28. The zero-order chi connectivity index (χ0) is 22.4. The number of benzene rings is 2. The first-order valence-corrected chi connectivity index (χ1v) is 10.4. The highest BCUT2D eigenvalue weighted by Crippen LogP contribution is 2.42. The van der Waals surface area contributed by atoms with Crippen molar-refractivity contribution in [3.63, 3.8) is 0 Å². The fourth-order valence-electron chi connectivity index (χ4n) is 3.06. The number of hydrogen-bond acceptors (Lipinski definition) is 8. The normalized spacial score (nSPS) is 10.4. The van der Waals surface area contributed by atoms with E-state index in [0.717, 1.165) is 16.2 Å². The topological polar surface area (TPSA) is 75.3 Å². The van der Waals surface area contributed by atoms with Crippen LogP contribution in [0.4, 0.5) is 11.4 Å². The van der Waals surface area contributed by atoms with Gasteiger partial charge in [0.15, 0.2) is 11.5 Å². The van der Waals surface area contributed by atoms with Gasteiger partial charge in [0.1, 0.15) is 10.6 Å². The van der Waals surface area contributed by atoms with Crippen molar-refractivity contribution in [3.8, 4) is 33.4 Å². The number of rotatable bonds is 9. The molecule has 1 heterocycles. The van der Waals surface area contributed by atoms with Gasteiger partial charge in [-0.15, -0.1) is 11.3 Å². The molecule has 1 aromatic heterocycles. The molecule has 2 aromatic carbocycles. The van der Waals surface area contributed by atoms with Crippen LogP contribution in [-0.2, 0) is 4.74 Å². The number of carbonyl (C=O) groups excluding carboxylic acids is 1. The van der Waals surface area contributed by atoms with Crippen LogP contribution < -0.4 is 24.3 Å². The Bertz CT molecular complexity index is 1020. The predicted molar refractivity (Wildman–Crippen MR) is 122 cm³/mol. The number of anilines is 2. The summed E-state index contributed by atoms with van der Waals surface area (Å²) in [6.45, 7) is 2.55. The molecule has 164 valence electrons. The number of methoxy groups -OCH3 is 4. The average molecular weight is 444 g/mol. The van der Waals surface area contributed by atoms with Gasteiger partial charge in [-0.25, -0.2) is 4.79 Å². The summed E-state index contributed by atoms with van der Waals surface area (Å²) in [6, 6.07) is 13.2. The molecule has 7 nitrogen and oxygen atoms in total. The van der Waals surface area contributed by atoms with Crippen molar-refractivity contribution in [1.82, 2.24) is 0 Å². The Kier molecular flexibility index (Phi) is 7.25. The van der Waals surface area contributed by atoms with Crippen molar-refractivity contribution < 1.29 is 28.5 Å². The molecule has 0 atom stereocenters. The highest BCUT2D eigenvalue weighted by molar-refractivity contribution is 7.18. The quantitative estimate of drug-likeness (QED) is 0.446. The number of thiophene rings is 1. The predicted octanol–water partition coefficient (Wildman–Crippen LogP) is 5.37. The van der Waals surface area contributed by atoms with Crippen molar-refractivity contribution in [2.24, 2.45) is 0 Å². The van der Waals surface area contributed by atoms with Gasteiger partial charge in [0.2, 0.25) is 5.75 Å². The van der Waals surface area contributed by atoms with E-state index in [1.165, 1.54) is 18.4 Å². The van der Waals surface area contributed by atoms with E-state index in [9.17, 15) is 4.79 Å². The Morgan fingerprint density at radius 2 is 1.58 bits per heavy atom. The summed E-state index contributed by atoms with van der Waals surface area (Å²) in [4.78, 5) is 13.8. The third-order valence-corrected chi connectivity index (χ3v) is 5.66. The number of esters is 1. The molecule has 0 spiro atoms. The third-order valence-electron chi connectivity index (χ3n) is 4.50. The van der Waals surface area contributed by atoms with Gasteiger partial charge in [-0.3, -0.25) is 0 Å². The van der Waals surface area contributed by atoms with Crippen LogP contribution in [0.25, 0.3) is 10.4 Å². The molecular formula is C23H25NO6S. The van der Waals surface area contributed by atoms with E-state index in [1.54, 1.807) is 33.5 Å². The zero-order valence-electron chi connectivity index (χ0n) is 18.1. The molecule has 1 N–H and O–H groups in total. The average Bonchev–Trinajstić information content (AvgIpc) is 3.22. The Balaban J connectivity index is 2.00. The molecule has 31 heavy (non-hydrogen) atoms. The Hall–Kier alpha value is -3.39. The van der Waals surface area contributed by atoms with Crippen molar-refractivity contribution in [2.45, 2.75) is 6.92 Å². The third kappa shape index (κ3) is 4.86. The van der Waals surface area contributed by atoms with Crippen LogP contribution in [0.1, 0.15) is 16.6 Å². The first-order chi connectivity index (χ1) is 15.0. The molecular weight excluding hydrogens is 418 g/mol. The largest absolute Gasteiger partial charge is 0.494 e. The van der Waals surface area contributed by atoms with Gasteiger partial charge in [0, 0.05) is 22.7 Å². The summed E-state index contributed by atoms with van der Waals surface area (Å²) in [7, 11) is 6.01. The first kappa shape index (κ1) is 22.3. The van der Waals surface area contributed by atoms with Crippen LogP contribution in [0.3, 0.4) is 0 Å². The second-order valence-electron chi connectivity index (χ2n) is 6.34. The van der Waals surface area contributed by atoms with Crippen LogP contribution in [0.15, 0.2) is 42.5 Å². The van der Waals surface area contributed by atoms with Crippen LogP contribution in [0, 0.1) is 0 Å². The molecule has 3 aromatic rings. The van der Waals surface area contributed by atoms with Crippen molar-refractivity contribution in [2.75, 3.05) is 40.4 Å². The molecule has 0 saturated carbocycles. The molecule has 0 unspecified atom stereocenters. The summed E-state index contributed by atoms with van der Waals surface area (Å²) < 4.78 is 26.7. The smallest absolute Gasteiger partial charge is 0.350 e. The number of carbonyl (C=O) groups is 1. The van der Waals surface area contributed by atoms with Crippen LogP contribution in [0.5, 0.6) is 23.0 Å². The minimum Gasteiger partial charge on any atom is -0.494 e. The van der Waals surface area contributed by atoms with E-state index in [2.05, 4.69) is 5.32 Å². The Morgan fingerprint density at radius 3 is 2.10 bits per heavy atom. The van der Waals surface area contributed by atoms with Gasteiger partial charge in [0.25, 0.3) is 0 Å². The van der Waals surface area contributed by atoms with Crippen LogP contribution >= 0.6 is 11.3 Å². The van der Waals surface area contributed by atoms with Gasteiger partial charge in [-0.2, -0.15) is 0 Å². The molecule has 0 aliphatic heterocycles. The van der Waals surface area contributed by atoms with Gasteiger partial charge < -0.3 is 29.0 Å². The SMILES string of the molecule is CCOc1ccc(-c2cc(Nc3cc(OC)c(OC)c(OC)c3)c(C(=O)OC)s2)cc1. The van der Waals surface area contributed by atoms with E-state index in [-0.39, 0.29) is 0 Å². The summed E-state index contributed by atoms with van der Waals surface area (Å²) in [6.07, 6.45) is 0. The van der Waals surface area contributed by atoms with Gasteiger partial charge >= 0.3 is 5.97 Å². The minimum atomic E-state index is -0.419. The van der Waals surface area contributed by atoms with E-state index in [0.29, 0.717) is 40.1 Å². The second-order valence-corrected chi connectivity index (χ2v) is 7.39. The molecule has 3 rings (SSSR count). The number of nitrogens with one attached hydrogen (secondary N) is 1. The fraction of sp³-hybridized carbons (Fsp3) is 0.261. The molecule has 0 aliphatic carbocycles. The van der Waals surface area contributed by atoms with Crippen molar-refractivity contribution >= 4 is 28.7 Å². The van der Waals surface area contributed by atoms with Crippen molar-refractivity contribution in [1.29, 1.82) is 0 Å². The van der Waals surface area contributed by atoms with E-state index in [1.807, 2.05) is 37.3 Å². The van der Waals surface area contributed by atoms with Crippen LogP contribution in [-0.4, -0.2) is 41.0 Å². The molecule has 0 aliphatic rings. The zero-order valence-corrected chi connectivity index (χ0v) is 18.9. The first-order valence-electron chi connectivity index (χ1n) is 9.57. The van der Waals surface area contributed by atoms with Gasteiger partial charge in [-0.05, 0) is 42.8 Å². The maximum Gasteiger partial charge on any atom is 0.350 e. The molecule has 0 bridgehead atoms. The monoisotopic (exact) mass is 443 g/mol. The van der Waals surface area contributed by atoms with Crippen molar-refractivity contribution in [3.05, 3.63) is 47.3 Å².